The molecule has 9 heteroatoms. The Morgan fingerprint density at radius 3 is 2.42 bits per heavy atom. The van der Waals surface area contributed by atoms with E-state index in [4.69, 9.17) is 5.11 Å². The van der Waals surface area contributed by atoms with Crippen molar-refractivity contribution in [2.24, 2.45) is 5.92 Å². The molecule has 33 heavy (non-hydrogen) atoms. The van der Waals surface area contributed by atoms with Gasteiger partial charge in [0.2, 0.25) is 0 Å². The first-order valence-corrected chi connectivity index (χ1v) is 11.4. The van der Waals surface area contributed by atoms with Gasteiger partial charge in [0, 0.05) is 17.8 Å². The summed E-state index contributed by atoms with van der Waals surface area (Å²) in [6.45, 7) is 4.52. The number of aliphatic hydroxyl groups is 2. The van der Waals surface area contributed by atoms with E-state index >= 15 is 0 Å². The van der Waals surface area contributed by atoms with Gasteiger partial charge in [-0.2, -0.15) is 5.10 Å². The maximum atomic E-state index is 13.5. The van der Waals surface area contributed by atoms with Crippen molar-refractivity contribution < 1.29 is 29.3 Å². The summed E-state index contributed by atoms with van der Waals surface area (Å²) >= 11 is 0. The normalized spacial score (nSPS) is 15.5. The van der Waals surface area contributed by atoms with Crippen molar-refractivity contribution >= 4 is 11.9 Å². The molecule has 1 saturated carbocycles. The number of hydrogen-bond donors (Lipinski definition) is 4. The number of carbonyl (C=O) groups excluding carboxylic acids is 1. The second-order valence-corrected chi connectivity index (χ2v) is 9.09. The van der Waals surface area contributed by atoms with Gasteiger partial charge in [-0.1, -0.05) is 13.8 Å². The van der Waals surface area contributed by atoms with Crippen LogP contribution in [0.25, 0.3) is 5.69 Å². The number of halogens is 1. The highest BCUT2D eigenvalue weighted by molar-refractivity contribution is 5.94. The smallest absolute Gasteiger partial charge is 0.305 e. The van der Waals surface area contributed by atoms with Gasteiger partial charge in [-0.15, -0.1) is 0 Å². The van der Waals surface area contributed by atoms with Crippen molar-refractivity contribution in [3.63, 3.8) is 0 Å². The summed E-state index contributed by atoms with van der Waals surface area (Å²) in [5.74, 6) is -1.30. The second-order valence-electron chi connectivity index (χ2n) is 9.09. The number of hydrogen-bond acceptors (Lipinski definition) is 5. The van der Waals surface area contributed by atoms with Gasteiger partial charge < -0.3 is 20.6 Å². The van der Waals surface area contributed by atoms with Crippen molar-refractivity contribution in [1.29, 1.82) is 0 Å². The monoisotopic (exact) mass is 461 g/mol. The van der Waals surface area contributed by atoms with Crippen molar-refractivity contribution in [2.75, 3.05) is 6.54 Å². The van der Waals surface area contributed by atoms with E-state index in [0.29, 0.717) is 30.3 Å². The highest BCUT2D eigenvalue weighted by Crippen LogP contribution is 2.30. The average Bonchev–Trinajstić information content (AvgIpc) is 3.48. The molecular weight excluding hydrogens is 429 g/mol. The van der Waals surface area contributed by atoms with Crippen molar-refractivity contribution in [2.45, 2.75) is 70.5 Å². The van der Waals surface area contributed by atoms with Gasteiger partial charge in [0.1, 0.15) is 5.82 Å². The molecule has 0 saturated heterocycles. The van der Waals surface area contributed by atoms with Gasteiger partial charge in [-0.3, -0.25) is 9.59 Å². The van der Waals surface area contributed by atoms with E-state index in [9.17, 15) is 24.2 Å². The van der Waals surface area contributed by atoms with Gasteiger partial charge in [0.25, 0.3) is 5.91 Å². The van der Waals surface area contributed by atoms with Crippen LogP contribution in [0, 0.1) is 11.7 Å². The summed E-state index contributed by atoms with van der Waals surface area (Å²) < 4.78 is 15.1. The summed E-state index contributed by atoms with van der Waals surface area (Å²) in [6, 6.07) is 5.79. The molecule has 1 aromatic heterocycles. The lowest BCUT2D eigenvalue weighted by Crippen LogP contribution is -2.27. The minimum Gasteiger partial charge on any atom is -0.481 e. The van der Waals surface area contributed by atoms with Crippen LogP contribution in [-0.4, -0.2) is 55.7 Å². The molecule has 1 aromatic carbocycles. The van der Waals surface area contributed by atoms with Crippen LogP contribution >= 0.6 is 0 Å². The maximum absolute atomic E-state index is 13.5. The third-order valence-corrected chi connectivity index (χ3v) is 5.80. The van der Waals surface area contributed by atoms with Crippen LogP contribution in [-0.2, 0) is 11.2 Å². The number of carboxylic acids is 1. The zero-order valence-corrected chi connectivity index (χ0v) is 19.0. The Bertz CT molecular complexity index is 969. The third-order valence-electron chi connectivity index (χ3n) is 5.80. The number of nitrogens with zero attached hydrogens (tertiary/aromatic N) is 2. The average molecular weight is 462 g/mol. The lowest BCUT2D eigenvalue weighted by Gasteiger charge is -2.16. The van der Waals surface area contributed by atoms with Crippen LogP contribution in [0.15, 0.2) is 24.3 Å². The minimum atomic E-state index is -1.15. The first kappa shape index (κ1) is 24.9. The van der Waals surface area contributed by atoms with Gasteiger partial charge >= 0.3 is 5.97 Å². The van der Waals surface area contributed by atoms with Crippen LogP contribution in [0.2, 0.25) is 0 Å². The molecule has 3 rings (SSSR count). The van der Waals surface area contributed by atoms with Crippen molar-refractivity contribution in [3.05, 3.63) is 47.0 Å². The molecule has 0 spiro atoms. The van der Waals surface area contributed by atoms with Gasteiger partial charge in [0.05, 0.1) is 24.3 Å². The third kappa shape index (κ3) is 6.85. The highest BCUT2D eigenvalue weighted by Gasteiger charge is 2.28. The zero-order valence-electron chi connectivity index (χ0n) is 19.0. The Kier molecular flexibility index (Phi) is 8.20. The molecule has 0 bridgehead atoms. The SMILES string of the molecule is CC(C)c1c(C(=O)NCC2CC2)nn(-c2ccc(F)cc2)c1CCC(O)CC(O)CC(=O)O. The Labute approximate surface area is 192 Å². The Morgan fingerprint density at radius 2 is 1.85 bits per heavy atom. The van der Waals surface area contributed by atoms with Crippen LogP contribution in [0.1, 0.15) is 73.6 Å². The minimum absolute atomic E-state index is 0.0365. The number of aliphatic carboxylic acids is 1. The van der Waals surface area contributed by atoms with Crippen LogP contribution < -0.4 is 5.32 Å². The molecule has 4 N–H and O–H groups in total. The van der Waals surface area contributed by atoms with Crippen molar-refractivity contribution in [3.8, 4) is 5.69 Å². The van der Waals surface area contributed by atoms with Crippen molar-refractivity contribution in [1.82, 2.24) is 15.1 Å². The Morgan fingerprint density at radius 1 is 1.18 bits per heavy atom. The standard InChI is InChI=1S/C24H32FN3O5/c1-14(2)22-20(10-9-18(29)11-19(30)12-21(31)32)28(17-7-5-16(25)6-8-17)27-23(22)24(33)26-13-15-3-4-15/h5-8,14-15,18-19,29-30H,3-4,9-13H2,1-2H3,(H,26,33)(H,31,32). The molecule has 1 fully saturated rings. The molecule has 1 heterocycles. The number of nitrogens with one attached hydrogen (secondary N) is 1. The molecule has 1 aliphatic carbocycles. The number of carbonyl (C=O) groups is 2. The van der Waals surface area contributed by atoms with E-state index in [0.717, 1.165) is 24.1 Å². The van der Waals surface area contributed by atoms with Crippen LogP contribution in [0.4, 0.5) is 4.39 Å². The number of amides is 1. The summed E-state index contributed by atoms with van der Waals surface area (Å²) in [5, 5.41) is 36.5. The largest absolute Gasteiger partial charge is 0.481 e. The number of carboxylic acid groups (broad SMARTS) is 1. The highest BCUT2D eigenvalue weighted by atomic mass is 19.1. The molecular formula is C24H32FN3O5. The van der Waals surface area contributed by atoms with E-state index in [1.165, 1.54) is 12.1 Å². The van der Waals surface area contributed by atoms with E-state index in [1.807, 2.05) is 13.8 Å². The summed E-state index contributed by atoms with van der Waals surface area (Å²) in [4.78, 5) is 23.7. The van der Waals surface area contributed by atoms with E-state index < -0.39 is 24.6 Å². The molecule has 2 aromatic rings. The molecule has 1 amide bonds. The Balaban J connectivity index is 1.88. The predicted molar refractivity (Wildman–Crippen MR) is 120 cm³/mol. The topological polar surface area (TPSA) is 125 Å². The van der Waals surface area contributed by atoms with Gasteiger partial charge in [0.15, 0.2) is 5.69 Å². The van der Waals surface area contributed by atoms with E-state index in [-0.39, 0.29) is 30.5 Å². The van der Waals surface area contributed by atoms with E-state index in [2.05, 4.69) is 10.4 Å². The molecule has 8 nitrogen and oxygen atoms in total. The second kappa shape index (κ2) is 10.9. The molecule has 2 unspecified atom stereocenters. The number of rotatable bonds is 12. The van der Waals surface area contributed by atoms with Crippen LogP contribution in [0.5, 0.6) is 0 Å². The lowest BCUT2D eigenvalue weighted by molar-refractivity contribution is -0.139. The maximum Gasteiger partial charge on any atom is 0.305 e. The van der Waals surface area contributed by atoms with Gasteiger partial charge in [-0.05, 0) is 68.2 Å². The Hall–Kier alpha value is -2.78. The summed E-state index contributed by atoms with van der Waals surface area (Å²) in [6.07, 6.45) is 0.226. The summed E-state index contributed by atoms with van der Waals surface area (Å²) in [7, 11) is 0. The van der Waals surface area contributed by atoms with Crippen LogP contribution in [0.3, 0.4) is 0 Å². The molecule has 1 aliphatic rings. The fourth-order valence-corrected chi connectivity index (χ4v) is 3.94. The number of aliphatic hydroxyl groups excluding tert-OH is 2. The quantitative estimate of drug-likeness (QED) is 0.385. The molecule has 180 valence electrons. The van der Waals surface area contributed by atoms with Gasteiger partial charge in [-0.25, -0.2) is 9.07 Å². The number of benzene rings is 1. The van der Waals surface area contributed by atoms with E-state index in [1.54, 1.807) is 16.8 Å². The lowest BCUT2D eigenvalue weighted by atomic mass is 9.95. The summed E-state index contributed by atoms with van der Waals surface area (Å²) in [5.41, 5.74) is 2.38. The first-order chi connectivity index (χ1) is 15.7. The number of aromatic nitrogens is 2. The predicted octanol–water partition coefficient (Wildman–Crippen LogP) is 2.79. The molecule has 2 atom stereocenters. The fourth-order valence-electron chi connectivity index (χ4n) is 3.94. The first-order valence-electron chi connectivity index (χ1n) is 11.4. The zero-order chi connectivity index (χ0) is 24.1. The molecule has 0 aliphatic heterocycles. The molecule has 0 radical (unpaired) electrons. The fraction of sp³-hybridized carbons (Fsp3) is 0.542.